The molecule has 3 aromatic rings. The summed E-state index contributed by atoms with van der Waals surface area (Å²) < 4.78 is 5.08. The Morgan fingerprint density at radius 3 is 2.29 bits per heavy atom. The van der Waals surface area contributed by atoms with E-state index in [9.17, 15) is 19.7 Å². The molecule has 8 nitrogen and oxygen atoms in total. The number of halogens is 3. The molecular weight excluding hydrogens is 505 g/mol. The summed E-state index contributed by atoms with van der Waals surface area (Å²) in [5.74, 6) is -0.912. The number of amides is 2. The number of hydrogen-bond donors (Lipinski definition) is 2. The predicted molar refractivity (Wildman–Crippen MR) is 132 cm³/mol. The van der Waals surface area contributed by atoms with Gasteiger partial charge < -0.3 is 15.4 Å². The van der Waals surface area contributed by atoms with Crippen molar-refractivity contribution >= 4 is 64.1 Å². The van der Waals surface area contributed by atoms with Crippen LogP contribution >= 0.6 is 34.8 Å². The summed E-state index contributed by atoms with van der Waals surface area (Å²) in [7, 11) is 1.46. The zero-order chi connectivity index (χ0) is 24.8. The van der Waals surface area contributed by atoms with Crippen molar-refractivity contribution in [1.82, 2.24) is 5.32 Å². The lowest BCUT2D eigenvalue weighted by molar-refractivity contribution is -0.384. The van der Waals surface area contributed by atoms with Crippen molar-refractivity contribution in [2.45, 2.75) is 0 Å². The van der Waals surface area contributed by atoms with Gasteiger partial charge in [0.1, 0.15) is 11.4 Å². The number of nitrogens with one attached hydrogen (secondary N) is 2. The lowest BCUT2D eigenvalue weighted by atomic mass is 10.1. The minimum atomic E-state index is -0.708. The monoisotopic (exact) mass is 519 g/mol. The molecule has 3 aromatic carbocycles. The molecule has 0 aliphatic rings. The van der Waals surface area contributed by atoms with Gasteiger partial charge in [0.25, 0.3) is 17.5 Å². The number of nitrogens with zero attached hydrogens (tertiary/aromatic N) is 1. The zero-order valence-corrected chi connectivity index (χ0v) is 19.7. The van der Waals surface area contributed by atoms with Gasteiger partial charge in [0.2, 0.25) is 0 Å². The van der Waals surface area contributed by atoms with Crippen LogP contribution in [0.1, 0.15) is 15.9 Å². The number of rotatable bonds is 7. The van der Waals surface area contributed by atoms with Crippen molar-refractivity contribution in [2.75, 3.05) is 12.4 Å². The standard InChI is InChI=1S/C23H16Cl3N3O5/c1-34-16-7-8-17(19(26)12-16)22(30)28-21(10-13-2-5-15(6-3-13)29(32)33)23(31)27-20-11-14(24)4-9-18(20)25/h2-12H,1H3,(H,27,31)(H,28,30)/b21-10+. The number of nitro benzene ring substituents is 1. The summed E-state index contributed by atoms with van der Waals surface area (Å²) in [6, 6.07) is 14.4. The molecule has 0 saturated carbocycles. The largest absolute Gasteiger partial charge is 0.497 e. The van der Waals surface area contributed by atoms with Crippen molar-refractivity contribution in [3.63, 3.8) is 0 Å². The fourth-order valence-electron chi connectivity index (χ4n) is 2.80. The molecule has 11 heteroatoms. The second kappa shape index (κ2) is 11.0. The number of carbonyl (C=O) groups is 2. The molecule has 0 fully saturated rings. The van der Waals surface area contributed by atoms with E-state index in [0.717, 1.165) is 0 Å². The summed E-state index contributed by atoms with van der Waals surface area (Å²) in [4.78, 5) is 36.3. The Morgan fingerprint density at radius 1 is 0.971 bits per heavy atom. The van der Waals surface area contributed by atoms with Gasteiger partial charge in [0.05, 0.1) is 33.3 Å². The smallest absolute Gasteiger partial charge is 0.272 e. The summed E-state index contributed by atoms with van der Waals surface area (Å²) in [5.41, 5.74) is 0.468. The number of methoxy groups -OCH3 is 1. The van der Waals surface area contributed by atoms with Gasteiger partial charge in [0.15, 0.2) is 0 Å². The number of benzene rings is 3. The molecule has 0 aliphatic heterocycles. The highest BCUT2D eigenvalue weighted by Crippen LogP contribution is 2.26. The number of ether oxygens (including phenoxy) is 1. The van der Waals surface area contributed by atoms with Crippen molar-refractivity contribution in [3.8, 4) is 5.75 Å². The molecule has 2 amide bonds. The molecule has 0 atom stereocenters. The van der Waals surface area contributed by atoms with Gasteiger partial charge in [-0.15, -0.1) is 0 Å². The average Bonchev–Trinajstić information content (AvgIpc) is 2.81. The third-order valence-corrected chi connectivity index (χ3v) is 5.38. The Hall–Kier alpha value is -3.59. The fourth-order valence-corrected chi connectivity index (χ4v) is 3.39. The van der Waals surface area contributed by atoms with Gasteiger partial charge in [0, 0.05) is 17.2 Å². The van der Waals surface area contributed by atoms with Crippen LogP contribution in [0.5, 0.6) is 5.75 Å². The van der Waals surface area contributed by atoms with E-state index in [1.54, 1.807) is 12.1 Å². The summed E-state index contributed by atoms with van der Waals surface area (Å²) in [6.45, 7) is 0. The summed E-state index contributed by atoms with van der Waals surface area (Å²) in [6.07, 6.45) is 1.35. The van der Waals surface area contributed by atoms with Gasteiger partial charge in [-0.25, -0.2) is 0 Å². The topological polar surface area (TPSA) is 111 Å². The maximum atomic E-state index is 13.1. The average molecular weight is 521 g/mol. The molecule has 0 spiro atoms. The highest BCUT2D eigenvalue weighted by molar-refractivity contribution is 6.36. The first-order chi connectivity index (χ1) is 16.2. The quantitative estimate of drug-likeness (QED) is 0.226. The Bertz CT molecular complexity index is 1290. The van der Waals surface area contributed by atoms with Crippen molar-refractivity contribution in [2.24, 2.45) is 0 Å². The molecule has 0 unspecified atom stereocenters. The lowest BCUT2D eigenvalue weighted by Gasteiger charge is -2.13. The molecule has 0 aromatic heterocycles. The summed E-state index contributed by atoms with van der Waals surface area (Å²) >= 11 is 18.3. The van der Waals surface area contributed by atoms with Gasteiger partial charge in [-0.3, -0.25) is 19.7 Å². The van der Waals surface area contributed by atoms with Crippen molar-refractivity contribution < 1.29 is 19.2 Å². The predicted octanol–water partition coefficient (Wildman–Crippen LogP) is 5.97. The number of carbonyl (C=O) groups excluding carboxylic acids is 2. The number of anilines is 1. The Labute approximate surface area is 209 Å². The fraction of sp³-hybridized carbons (Fsp3) is 0.0435. The van der Waals surface area contributed by atoms with E-state index in [0.29, 0.717) is 16.3 Å². The molecule has 174 valence electrons. The van der Waals surface area contributed by atoms with E-state index in [1.165, 1.54) is 61.7 Å². The van der Waals surface area contributed by atoms with Crippen LogP contribution in [0.3, 0.4) is 0 Å². The van der Waals surface area contributed by atoms with Crippen molar-refractivity contribution in [3.05, 3.63) is 103 Å². The molecule has 0 aliphatic carbocycles. The van der Waals surface area contributed by atoms with Crippen LogP contribution in [0, 0.1) is 10.1 Å². The first-order valence-corrected chi connectivity index (χ1v) is 10.7. The Balaban J connectivity index is 1.95. The minimum Gasteiger partial charge on any atom is -0.497 e. The second-order valence-corrected chi connectivity index (χ2v) is 8.04. The molecule has 0 heterocycles. The number of non-ortho nitro benzene ring substituents is 1. The van der Waals surface area contributed by atoms with Crippen LogP contribution in [-0.4, -0.2) is 23.8 Å². The van der Waals surface area contributed by atoms with Crippen molar-refractivity contribution in [1.29, 1.82) is 0 Å². The second-order valence-electron chi connectivity index (χ2n) is 6.78. The lowest BCUT2D eigenvalue weighted by Crippen LogP contribution is -2.31. The van der Waals surface area contributed by atoms with Crippen LogP contribution in [0.4, 0.5) is 11.4 Å². The molecule has 3 rings (SSSR count). The normalized spacial score (nSPS) is 11.0. The molecule has 0 saturated heterocycles. The van der Waals surface area contributed by atoms with Gasteiger partial charge in [-0.2, -0.15) is 0 Å². The summed E-state index contributed by atoms with van der Waals surface area (Å²) in [5, 5.41) is 16.7. The van der Waals surface area contributed by atoms with Gasteiger partial charge in [-0.05, 0) is 60.2 Å². The van der Waals surface area contributed by atoms with Crippen LogP contribution < -0.4 is 15.4 Å². The highest BCUT2D eigenvalue weighted by atomic mass is 35.5. The van der Waals surface area contributed by atoms with Crippen LogP contribution in [0.2, 0.25) is 15.1 Å². The van der Waals surface area contributed by atoms with E-state index in [4.69, 9.17) is 39.5 Å². The molecular formula is C23H16Cl3N3O5. The van der Waals surface area contributed by atoms with E-state index in [2.05, 4.69) is 10.6 Å². The molecule has 34 heavy (non-hydrogen) atoms. The first kappa shape index (κ1) is 25.0. The maximum Gasteiger partial charge on any atom is 0.272 e. The number of nitro groups is 1. The molecule has 0 bridgehead atoms. The SMILES string of the molecule is COc1ccc(C(=O)N/C(=C/c2ccc([N+](=O)[O-])cc2)C(=O)Nc2cc(Cl)ccc2Cl)c(Cl)c1. The Kier molecular flexibility index (Phi) is 8.12. The van der Waals surface area contributed by atoms with Crippen LogP contribution in [0.25, 0.3) is 6.08 Å². The third-order valence-electron chi connectivity index (χ3n) is 4.51. The van der Waals surface area contributed by atoms with E-state index in [-0.39, 0.29) is 32.7 Å². The van der Waals surface area contributed by atoms with E-state index in [1.807, 2.05) is 0 Å². The van der Waals surface area contributed by atoms with Crippen LogP contribution in [-0.2, 0) is 4.79 Å². The number of hydrogen-bond acceptors (Lipinski definition) is 5. The molecule has 2 N–H and O–H groups in total. The molecule has 0 radical (unpaired) electrons. The first-order valence-electron chi connectivity index (χ1n) is 9.55. The van der Waals surface area contributed by atoms with Gasteiger partial charge >= 0.3 is 0 Å². The maximum absolute atomic E-state index is 13.1. The highest BCUT2D eigenvalue weighted by Gasteiger charge is 2.18. The van der Waals surface area contributed by atoms with E-state index >= 15 is 0 Å². The zero-order valence-electron chi connectivity index (χ0n) is 17.5. The van der Waals surface area contributed by atoms with E-state index < -0.39 is 16.7 Å². The third kappa shape index (κ3) is 6.26. The van der Waals surface area contributed by atoms with Crippen LogP contribution in [0.15, 0.2) is 66.4 Å². The van der Waals surface area contributed by atoms with Gasteiger partial charge in [-0.1, -0.05) is 34.8 Å². The minimum absolute atomic E-state index is 0.102. The Morgan fingerprint density at radius 2 is 1.68 bits per heavy atom.